The second kappa shape index (κ2) is 5.88. The van der Waals surface area contributed by atoms with Crippen LogP contribution in [0.1, 0.15) is 31.1 Å². The molecule has 0 aliphatic carbocycles. The molecule has 0 fully saturated rings. The highest BCUT2D eigenvalue weighted by molar-refractivity contribution is 5.17. The summed E-state index contributed by atoms with van der Waals surface area (Å²) < 4.78 is 78.2. The summed E-state index contributed by atoms with van der Waals surface area (Å²) in [5.41, 5.74) is -3.26. The Hall–Kier alpha value is -0.480. The second-order valence-electron chi connectivity index (χ2n) is 3.73. The Bertz CT molecular complexity index is 407. The van der Waals surface area contributed by atoms with Gasteiger partial charge in [-0.2, -0.15) is 26.3 Å². The number of nitrogens with zero attached hydrogens (tertiary/aromatic N) is 2. The lowest BCUT2D eigenvalue weighted by Crippen LogP contribution is -3.00. The van der Waals surface area contributed by atoms with Crippen molar-refractivity contribution in [3.05, 3.63) is 17.2 Å². The number of aromatic nitrogens is 2. The van der Waals surface area contributed by atoms with Gasteiger partial charge < -0.3 is 24.0 Å². The summed E-state index contributed by atoms with van der Waals surface area (Å²) in [7, 11) is 0. The van der Waals surface area contributed by atoms with E-state index in [0.29, 0.717) is 9.13 Å². The van der Waals surface area contributed by atoms with Crippen LogP contribution >= 0.6 is 0 Å². The minimum absolute atomic E-state index is 0. The Labute approximate surface area is 123 Å². The van der Waals surface area contributed by atoms with E-state index in [1.807, 2.05) is 0 Å². The fourth-order valence-corrected chi connectivity index (χ4v) is 2.07. The van der Waals surface area contributed by atoms with Gasteiger partial charge in [0.2, 0.25) is 0 Å². The van der Waals surface area contributed by atoms with Crippen LogP contribution in [-0.4, -0.2) is 4.57 Å². The first-order chi connectivity index (χ1) is 8.05. The third-order valence-corrected chi connectivity index (χ3v) is 2.71. The Morgan fingerprint density at radius 2 is 1.47 bits per heavy atom. The summed E-state index contributed by atoms with van der Waals surface area (Å²) in [5, 5.41) is 0. The molecule has 1 heterocycles. The summed E-state index contributed by atoms with van der Waals surface area (Å²) in [4.78, 5) is 0. The largest absolute Gasteiger partial charge is 1.00 e. The molecule has 0 N–H and O–H groups in total. The molecule has 0 unspecified atom stereocenters. The van der Waals surface area contributed by atoms with Gasteiger partial charge in [-0.3, -0.25) is 0 Å². The van der Waals surface area contributed by atoms with Crippen molar-refractivity contribution >= 4 is 0 Å². The van der Waals surface area contributed by atoms with Crippen LogP contribution in [-0.2, 0) is 25.4 Å². The lowest BCUT2D eigenvalue weighted by Gasteiger charge is -2.09. The van der Waals surface area contributed by atoms with E-state index in [9.17, 15) is 26.3 Å². The summed E-state index contributed by atoms with van der Waals surface area (Å²) >= 11 is 0. The fourth-order valence-electron chi connectivity index (χ4n) is 2.07. The highest BCUT2D eigenvalue weighted by Gasteiger charge is 2.55. The first-order valence-electron chi connectivity index (χ1n) is 5.32. The summed E-state index contributed by atoms with van der Waals surface area (Å²) in [6, 6.07) is 0. The first-order valence-corrected chi connectivity index (χ1v) is 5.32. The van der Waals surface area contributed by atoms with Crippen LogP contribution in [0.3, 0.4) is 0 Å². The summed E-state index contributed by atoms with van der Waals surface area (Å²) in [6.07, 6.45) is -10.1. The Morgan fingerprint density at radius 1 is 1.00 bits per heavy atom. The molecule has 2 nitrogen and oxygen atoms in total. The molecule has 0 aliphatic rings. The number of imidazole rings is 1. The molecule has 0 saturated heterocycles. The van der Waals surface area contributed by atoms with Crippen LogP contribution in [0, 0.1) is 6.92 Å². The third-order valence-electron chi connectivity index (χ3n) is 2.71. The van der Waals surface area contributed by atoms with Crippen LogP contribution in [0.2, 0.25) is 0 Å². The molecule has 9 heteroatoms. The molecule has 0 atom stereocenters. The van der Waals surface area contributed by atoms with Crippen molar-refractivity contribution < 1.29 is 54.9 Å². The number of halogens is 7. The average Bonchev–Trinajstić information content (AvgIpc) is 2.49. The summed E-state index contributed by atoms with van der Waals surface area (Å²) in [6.45, 7) is 3.66. The zero-order valence-electron chi connectivity index (χ0n) is 10.5. The molecule has 0 spiro atoms. The maximum absolute atomic E-state index is 12.8. The monoisotopic (exact) mass is 402 g/mol. The molecule has 19 heavy (non-hydrogen) atoms. The molecular formula is C10H13F6IN2. The van der Waals surface area contributed by atoms with E-state index in [-0.39, 0.29) is 42.9 Å². The van der Waals surface area contributed by atoms with E-state index in [2.05, 4.69) is 0 Å². The van der Waals surface area contributed by atoms with E-state index >= 15 is 0 Å². The predicted octanol–water partition coefficient (Wildman–Crippen LogP) is 0.165. The van der Waals surface area contributed by atoms with Crippen molar-refractivity contribution in [2.24, 2.45) is 0 Å². The maximum Gasteiger partial charge on any atom is 0.457 e. The fraction of sp³-hybridized carbons (Fsp3) is 0.700. The molecule has 1 aromatic heterocycles. The van der Waals surface area contributed by atoms with E-state index in [1.54, 1.807) is 0 Å². The van der Waals surface area contributed by atoms with E-state index in [1.165, 1.54) is 20.8 Å². The van der Waals surface area contributed by atoms with Gasteiger partial charge in [0.05, 0.1) is 13.1 Å². The van der Waals surface area contributed by atoms with Crippen molar-refractivity contribution in [2.45, 2.75) is 46.2 Å². The van der Waals surface area contributed by atoms with Crippen molar-refractivity contribution in [3.63, 3.8) is 0 Å². The average molecular weight is 402 g/mol. The van der Waals surface area contributed by atoms with Crippen LogP contribution < -0.4 is 28.5 Å². The molecule has 0 radical (unpaired) electrons. The van der Waals surface area contributed by atoms with Crippen LogP contribution in [0.5, 0.6) is 0 Å². The molecular weight excluding hydrogens is 389 g/mol. The first kappa shape index (κ1) is 18.5. The quantitative estimate of drug-likeness (QED) is 0.379. The second-order valence-corrected chi connectivity index (χ2v) is 3.73. The van der Waals surface area contributed by atoms with Gasteiger partial charge in [-0.25, -0.2) is 9.13 Å². The van der Waals surface area contributed by atoms with E-state index in [4.69, 9.17) is 0 Å². The Morgan fingerprint density at radius 3 is 1.74 bits per heavy atom. The molecule has 0 saturated carbocycles. The SMILES string of the molecule is CCn1c(C(F)(F)F)c(C(F)(F)F)[n+](CC)c1C.[I-]. The van der Waals surface area contributed by atoms with Crippen LogP contribution in [0.15, 0.2) is 0 Å². The molecule has 0 amide bonds. The van der Waals surface area contributed by atoms with Gasteiger partial charge in [-0.1, -0.05) is 0 Å². The molecule has 1 aromatic rings. The normalized spacial score (nSPS) is 12.5. The van der Waals surface area contributed by atoms with Crippen molar-refractivity contribution in [2.75, 3.05) is 0 Å². The highest BCUT2D eigenvalue weighted by atomic mass is 127. The van der Waals surface area contributed by atoms with Crippen LogP contribution in [0.25, 0.3) is 0 Å². The van der Waals surface area contributed by atoms with Crippen molar-refractivity contribution in [1.29, 1.82) is 0 Å². The Balaban J connectivity index is 0.00000324. The number of hydrogen-bond acceptors (Lipinski definition) is 0. The number of alkyl halides is 6. The van der Waals surface area contributed by atoms with Crippen molar-refractivity contribution in [3.8, 4) is 0 Å². The maximum atomic E-state index is 12.8. The van der Waals surface area contributed by atoms with Gasteiger partial charge in [-0.05, 0) is 13.8 Å². The minimum atomic E-state index is -5.04. The highest BCUT2D eigenvalue weighted by Crippen LogP contribution is 2.39. The zero-order valence-corrected chi connectivity index (χ0v) is 12.6. The third kappa shape index (κ3) is 3.34. The van der Waals surface area contributed by atoms with Gasteiger partial charge in [0.15, 0.2) is 0 Å². The predicted molar refractivity (Wildman–Crippen MR) is 50.7 cm³/mol. The topological polar surface area (TPSA) is 8.81 Å². The molecule has 112 valence electrons. The van der Waals surface area contributed by atoms with Gasteiger partial charge in [-0.15, -0.1) is 0 Å². The number of rotatable bonds is 2. The van der Waals surface area contributed by atoms with E-state index in [0.717, 1.165) is 0 Å². The van der Waals surface area contributed by atoms with Crippen molar-refractivity contribution in [1.82, 2.24) is 4.57 Å². The lowest BCUT2D eigenvalue weighted by molar-refractivity contribution is -0.717. The van der Waals surface area contributed by atoms with Gasteiger partial charge in [0.25, 0.3) is 17.2 Å². The molecule has 1 rings (SSSR count). The summed E-state index contributed by atoms with van der Waals surface area (Å²) in [5.74, 6) is -0.0559. The minimum Gasteiger partial charge on any atom is -1.00 e. The smallest absolute Gasteiger partial charge is 0.457 e. The molecule has 0 aliphatic heterocycles. The lowest BCUT2D eigenvalue weighted by atomic mass is 10.3. The zero-order chi connectivity index (χ0) is 14.3. The van der Waals surface area contributed by atoms with E-state index < -0.39 is 23.7 Å². The molecule has 0 aromatic carbocycles. The van der Waals surface area contributed by atoms with Gasteiger partial charge in [0.1, 0.15) is 0 Å². The number of hydrogen-bond donors (Lipinski definition) is 0. The van der Waals surface area contributed by atoms with Gasteiger partial charge in [0, 0.05) is 6.92 Å². The Kier molecular flexibility index (Phi) is 5.73. The standard InChI is InChI=1S/C10H13F6N2.HI/c1-4-17-6(3)18(5-2)8(10(14,15)16)7(17)9(11,12)13;/h4-5H2,1-3H3;1H/q+1;/p-1. The van der Waals surface area contributed by atoms with Crippen LogP contribution in [0.4, 0.5) is 26.3 Å². The molecule has 0 bridgehead atoms. The van der Waals surface area contributed by atoms with Gasteiger partial charge >= 0.3 is 12.4 Å².